The Bertz CT molecular complexity index is 958. The van der Waals surface area contributed by atoms with E-state index in [1.165, 1.54) is 17.0 Å². The highest BCUT2D eigenvalue weighted by atomic mass is 16.5. The summed E-state index contributed by atoms with van der Waals surface area (Å²) in [6, 6.07) is 3.17. The zero-order valence-electron chi connectivity index (χ0n) is 23.6. The quantitative estimate of drug-likeness (QED) is 0.220. The van der Waals surface area contributed by atoms with E-state index in [4.69, 9.17) is 4.74 Å². The minimum Gasteiger partial charge on any atom is -0.508 e. The number of aliphatic carboxylic acids is 1. The minimum absolute atomic E-state index is 0.0692. The Morgan fingerprint density at radius 2 is 1.85 bits per heavy atom. The van der Waals surface area contributed by atoms with Gasteiger partial charge in [-0.3, -0.25) is 14.4 Å². The molecule has 11 heteroatoms. The van der Waals surface area contributed by atoms with Crippen LogP contribution in [0.15, 0.2) is 24.3 Å². The summed E-state index contributed by atoms with van der Waals surface area (Å²) in [5.41, 5.74) is 0.583. The number of phenolic OH excluding ortho intramolecular Hbond substituents is 1. The molecule has 11 nitrogen and oxygen atoms in total. The molecule has 0 bridgehead atoms. The normalized spacial score (nSPS) is 18.7. The Balaban J connectivity index is 2.30. The number of nitrogens with one attached hydrogen (secondary N) is 3. The number of hydrogen-bond donors (Lipinski definition) is 5. The predicted octanol–water partition coefficient (Wildman–Crippen LogP) is 1.63. The predicted molar refractivity (Wildman–Crippen MR) is 146 cm³/mol. The highest BCUT2D eigenvalue weighted by molar-refractivity contribution is 5.92. The Labute approximate surface area is 230 Å². The number of carboxylic acid groups (broad SMARTS) is 1. The van der Waals surface area contributed by atoms with E-state index in [-0.39, 0.29) is 29.9 Å². The van der Waals surface area contributed by atoms with Gasteiger partial charge < -0.3 is 35.8 Å². The molecule has 0 aliphatic carbocycles. The summed E-state index contributed by atoms with van der Waals surface area (Å²) in [7, 11) is 0. The lowest BCUT2D eigenvalue weighted by Gasteiger charge is -2.37. The summed E-state index contributed by atoms with van der Waals surface area (Å²) >= 11 is 0. The van der Waals surface area contributed by atoms with Crippen LogP contribution in [0.4, 0.5) is 0 Å². The highest BCUT2D eigenvalue weighted by Gasteiger charge is 2.36. The van der Waals surface area contributed by atoms with Crippen LogP contribution >= 0.6 is 0 Å². The van der Waals surface area contributed by atoms with Gasteiger partial charge in [0.25, 0.3) is 0 Å². The van der Waals surface area contributed by atoms with Crippen molar-refractivity contribution >= 4 is 24.2 Å². The van der Waals surface area contributed by atoms with Crippen LogP contribution in [0, 0.1) is 11.3 Å². The molecule has 0 spiro atoms. The Hall–Kier alpha value is -3.18. The van der Waals surface area contributed by atoms with Crippen molar-refractivity contribution < 1.29 is 34.1 Å². The Morgan fingerprint density at radius 1 is 1.18 bits per heavy atom. The average molecular weight is 549 g/mol. The lowest BCUT2D eigenvalue weighted by atomic mass is 9.88. The Kier molecular flexibility index (Phi) is 12.2. The molecule has 1 aliphatic heterocycles. The number of nitrogens with zero attached hydrogens (tertiary/aromatic N) is 1. The molecule has 1 fully saturated rings. The summed E-state index contributed by atoms with van der Waals surface area (Å²) < 4.78 is 5.74. The summed E-state index contributed by atoms with van der Waals surface area (Å²) in [6.07, 6.45) is 1.38. The fraction of sp³-hybridized carbons (Fsp3) is 0.643. The molecule has 0 aromatic heterocycles. The molecule has 218 valence electrons. The molecule has 1 aliphatic rings. The van der Waals surface area contributed by atoms with Crippen molar-refractivity contribution in [3.05, 3.63) is 29.8 Å². The molecular weight excluding hydrogens is 504 g/mol. The van der Waals surface area contributed by atoms with Gasteiger partial charge in [-0.1, -0.05) is 53.2 Å². The van der Waals surface area contributed by atoms with Crippen LogP contribution in [0.1, 0.15) is 59.4 Å². The number of aromatic hydroxyl groups is 1. The van der Waals surface area contributed by atoms with E-state index in [1.807, 2.05) is 27.7 Å². The second-order valence-electron chi connectivity index (χ2n) is 11.3. The Morgan fingerprint density at radius 3 is 2.36 bits per heavy atom. The summed E-state index contributed by atoms with van der Waals surface area (Å²) in [6.45, 7) is 11.0. The molecule has 0 radical (unpaired) electrons. The second-order valence-corrected chi connectivity index (χ2v) is 11.3. The maximum Gasteiger partial charge on any atom is 0.326 e. The highest BCUT2D eigenvalue weighted by Crippen LogP contribution is 2.22. The number of carbonyl (C=O) groups is 4. The van der Waals surface area contributed by atoms with Crippen molar-refractivity contribution in [3.63, 3.8) is 0 Å². The summed E-state index contributed by atoms with van der Waals surface area (Å²) in [5.74, 6) is -2.53. The van der Waals surface area contributed by atoms with Crippen LogP contribution in [-0.2, 0) is 30.3 Å². The van der Waals surface area contributed by atoms with Crippen molar-refractivity contribution in [2.45, 2.75) is 84.7 Å². The second kappa shape index (κ2) is 14.8. The largest absolute Gasteiger partial charge is 0.508 e. The van der Waals surface area contributed by atoms with Crippen molar-refractivity contribution in [3.8, 4) is 5.75 Å². The average Bonchev–Trinajstić information content (AvgIpc) is 2.89. The SMILES string of the molecule is CC[C@H](C)[C@H](NC(=O)[C@H](Cc1ccc(O)cc1)N(C=O)[C@@H]1CNCCO1)C(=O)N[C@@H](CCC(C)(C)C)C(=O)O. The zero-order chi connectivity index (χ0) is 29.2. The molecule has 3 amide bonds. The first-order chi connectivity index (χ1) is 18.4. The van der Waals surface area contributed by atoms with Gasteiger partial charge in [0.15, 0.2) is 0 Å². The van der Waals surface area contributed by atoms with E-state index in [0.717, 1.165) is 0 Å². The fourth-order valence-electron chi connectivity index (χ4n) is 4.32. The number of benzene rings is 1. The van der Waals surface area contributed by atoms with E-state index in [0.29, 0.717) is 44.5 Å². The van der Waals surface area contributed by atoms with Gasteiger partial charge in [-0.15, -0.1) is 0 Å². The van der Waals surface area contributed by atoms with Gasteiger partial charge in [0.1, 0.15) is 30.1 Å². The summed E-state index contributed by atoms with van der Waals surface area (Å²) in [5, 5.41) is 27.9. The van der Waals surface area contributed by atoms with Crippen LogP contribution in [0.3, 0.4) is 0 Å². The molecule has 1 aromatic rings. The number of phenols is 1. The standard InChI is InChI=1S/C28H44N4O7/c1-6-18(2)24(26(36)30-21(27(37)38)11-12-28(3,4)5)31-25(35)22(15-19-7-9-20(34)10-8-19)32(17-33)23-16-29-13-14-39-23/h7-10,17-18,21-24,29,34H,6,11-16H2,1-5H3,(H,30,36)(H,31,35)(H,37,38)/t18-,21-,22-,23-,24-/m0/s1. The molecule has 1 aromatic carbocycles. The van der Waals surface area contributed by atoms with Crippen molar-refractivity contribution in [2.24, 2.45) is 11.3 Å². The van der Waals surface area contributed by atoms with Crippen LogP contribution in [-0.4, -0.2) is 83.4 Å². The number of rotatable bonds is 14. The number of carboxylic acids is 1. The van der Waals surface area contributed by atoms with Crippen LogP contribution in [0.25, 0.3) is 0 Å². The van der Waals surface area contributed by atoms with Gasteiger partial charge in [-0.25, -0.2) is 4.79 Å². The van der Waals surface area contributed by atoms with Crippen LogP contribution in [0.5, 0.6) is 5.75 Å². The van der Waals surface area contributed by atoms with Gasteiger partial charge >= 0.3 is 5.97 Å². The van der Waals surface area contributed by atoms with Crippen molar-refractivity contribution in [1.82, 2.24) is 20.9 Å². The number of hydrogen-bond acceptors (Lipinski definition) is 7. The molecule has 39 heavy (non-hydrogen) atoms. The molecule has 2 rings (SSSR count). The van der Waals surface area contributed by atoms with Crippen molar-refractivity contribution in [2.75, 3.05) is 19.7 Å². The van der Waals surface area contributed by atoms with Crippen molar-refractivity contribution in [1.29, 1.82) is 0 Å². The van der Waals surface area contributed by atoms with E-state index in [1.54, 1.807) is 19.1 Å². The van der Waals surface area contributed by atoms with Gasteiger partial charge in [0.2, 0.25) is 18.2 Å². The first-order valence-corrected chi connectivity index (χ1v) is 13.5. The van der Waals surface area contributed by atoms with Gasteiger partial charge in [-0.05, 0) is 41.9 Å². The lowest BCUT2D eigenvalue weighted by Crippen LogP contribution is -2.61. The molecular formula is C28H44N4O7. The number of carbonyl (C=O) groups excluding carboxylic acids is 3. The fourth-order valence-corrected chi connectivity index (χ4v) is 4.32. The van der Waals surface area contributed by atoms with Crippen LogP contribution in [0.2, 0.25) is 0 Å². The topological polar surface area (TPSA) is 157 Å². The molecule has 5 atom stereocenters. The molecule has 5 N–H and O–H groups in total. The number of morpholine rings is 1. The third-order valence-electron chi connectivity index (χ3n) is 6.98. The third-order valence-corrected chi connectivity index (χ3v) is 6.98. The summed E-state index contributed by atoms with van der Waals surface area (Å²) in [4.78, 5) is 52.5. The number of amides is 3. The molecule has 0 unspecified atom stereocenters. The van der Waals surface area contributed by atoms with E-state index < -0.39 is 42.1 Å². The minimum atomic E-state index is -1.14. The molecule has 1 saturated heterocycles. The number of ether oxygens (including phenoxy) is 1. The molecule has 1 heterocycles. The van der Waals surface area contributed by atoms with Gasteiger partial charge in [0.05, 0.1) is 6.61 Å². The van der Waals surface area contributed by atoms with E-state index >= 15 is 0 Å². The van der Waals surface area contributed by atoms with Gasteiger partial charge in [-0.2, -0.15) is 0 Å². The van der Waals surface area contributed by atoms with Gasteiger partial charge in [0, 0.05) is 19.5 Å². The molecule has 0 saturated carbocycles. The first kappa shape index (κ1) is 32.0. The first-order valence-electron chi connectivity index (χ1n) is 13.5. The zero-order valence-corrected chi connectivity index (χ0v) is 23.6. The maximum atomic E-state index is 13.7. The van der Waals surface area contributed by atoms with E-state index in [2.05, 4.69) is 16.0 Å². The lowest BCUT2D eigenvalue weighted by molar-refractivity contribution is -0.151. The third kappa shape index (κ3) is 10.1. The van der Waals surface area contributed by atoms with E-state index in [9.17, 15) is 29.4 Å². The maximum absolute atomic E-state index is 13.7. The smallest absolute Gasteiger partial charge is 0.326 e. The van der Waals surface area contributed by atoms with Crippen LogP contribution < -0.4 is 16.0 Å². The monoisotopic (exact) mass is 548 g/mol.